The molecule has 0 unspecified atom stereocenters. The molecule has 2 heterocycles. The number of thioether (sulfide) groups is 1. The first-order chi connectivity index (χ1) is 13.5. The number of ether oxygens (including phenoxy) is 3. The summed E-state index contributed by atoms with van der Waals surface area (Å²) in [5, 5.41) is 0.0691. The molecule has 1 saturated heterocycles. The minimum Gasteiger partial charge on any atom is -0.496 e. The molecule has 8 heteroatoms. The van der Waals surface area contributed by atoms with Gasteiger partial charge in [-0.15, -0.1) is 0 Å². The second-order valence-corrected chi connectivity index (χ2v) is 7.69. The van der Waals surface area contributed by atoms with Crippen molar-refractivity contribution in [1.29, 1.82) is 0 Å². The van der Waals surface area contributed by atoms with Gasteiger partial charge in [-0.3, -0.25) is 14.5 Å². The Morgan fingerprint density at radius 3 is 2.71 bits per heavy atom. The van der Waals surface area contributed by atoms with Crippen LogP contribution in [0, 0.1) is 6.92 Å². The molecule has 2 aromatic carbocycles. The summed E-state index contributed by atoms with van der Waals surface area (Å²) in [7, 11) is 1.59. The Labute approximate surface area is 171 Å². The van der Waals surface area contributed by atoms with Gasteiger partial charge in [0.1, 0.15) is 5.75 Å². The summed E-state index contributed by atoms with van der Waals surface area (Å²) in [5.41, 5.74) is 2.39. The molecule has 0 N–H and O–H groups in total. The van der Waals surface area contributed by atoms with Crippen molar-refractivity contribution in [1.82, 2.24) is 4.90 Å². The van der Waals surface area contributed by atoms with Crippen LogP contribution in [0.3, 0.4) is 0 Å². The molecule has 4 rings (SSSR count). The van der Waals surface area contributed by atoms with Crippen LogP contribution in [0.2, 0.25) is 5.02 Å². The summed E-state index contributed by atoms with van der Waals surface area (Å²) in [5.74, 6) is 1.47. The van der Waals surface area contributed by atoms with Gasteiger partial charge in [0.25, 0.3) is 11.1 Å². The van der Waals surface area contributed by atoms with Crippen LogP contribution in [-0.4, -0.2) is 29.9 Å². The molecule has 2 aliphatic heterocycles. The van der Waals surface area contributed by atoms with E-state index in [0.29, 0.717) is 27.0 Å². The lowest BCUT2D eigenvalue weighted by Gasteiger charge is -2.14. The quantitative estimate of drug-likeness (QED) is 0.676. The number of benzene rings is 2. The number of hydrogen-bond donors (Lipinski definition) is 0. The van der Waals surface area contributed by atoms with Crippen LogP contribution < -0.4 is 14.2 Å². The number of carbonyl (C=O) groups is 2. The average Bonchev–Trinajstić information content (AvgIpc) is 3.22. The van der Waals surface area contributed by atoms with E-state index in [9.17, 15) is 9.59 Å². The van der Waals surface area contributed by atoms with Gasteiger partial charge in [0.15, 0.2) is 11.5 Å². The van der Waals surface area contributed by atoms with E-state index in [2.05, 4.69) is 0 Å². The van der Waals surface area contributed by atoms with E-state index >= 15 is 0 Å². The molecule has 0 aliphatic carbocycles. The standard InChI is InChI=1S/C20H16ClNO5S/c1-11-3-4-12(5-15(11)25-2)6-18-19(23)22(20(24)28-18)9-13-7-16-17(8-14(13)21)27-10-26-16/h3-8H,9-10H2,1-2H3/b18-6+. The number of carbonyl (C=O) groups excluding carboxylic acids is 2. The fourth-order valence-corrected chi connectivity index (χ4v) is 4.02. The smallest absolute Gasteiger partial charge is 0.293 e. The van der Waals surface area contributed by atoms with Crippen LogP contribution in [-0.2, 0) is 11.3 Å². The molecule has 0 atom stereocenters. The van der Waals surface area contributed by atoms with Crippen LogP contribution in [0.1, 0.15) is 16.7 Å². The van der Waals surface area contributed by atoms with E-state index in [4.69, 9.17) is 25.8 Å². The molecule has 1 fully saturated rings. The molecule has 2 aromatic rings. The SMILES string of the molecule is COc1cc(/C=C2/SC(=O)N(Cc3cc4c(cc3Cl)OCO4)C2=O)ccc1C. The Balaban J connectivity index is 1.58. The summed E-state index contributed by atoms with van der Waals surface area (Å²) in [6.45, 7) is 2.12. The van der Waals surface area contributed by atoms with Gasteiger partial charge in [-0.25, -0.2) is 0 Å². The lowest BCUT2D eigenvalue weighted by molar-refractivity contribution is -0.123. The lowest BCUT2D eigenvalue weighted by atomic mass is 10.1. The van der Waals surface area contributed by atoms with E-state index < -0.39 is 0 Å². The normalized spacial score (nSPS) is 17.0. The first-order valence-corrected chi connectivity index (χ1v) is 9.63. The maximum atomic E-state index is 12.8. The lowest BCUT2D eigenvalue weighted by Crippen LogP contribution is -2.27. The number of imide groups is 1. The van der Waals surface area contributed by atoms with E-state index in [1.807, 2.05) is 25.1 Å². The largest absolute Gasteiger partial charge is 0.496 e. The van der Waals surface area contributed by atoms with Crippen LogP contribution in [0.4, 0.5) is 4.79 Å². The number of hydrogen-bond acceptors (Lipinski definition) is 6. The van der Waals surface area contributed by atoms with Crippen molar-refractivity contribution in [3.8, 4) is 17.2 Å². The van der Waals surface area contributed by atoms with Crippen molar-refractivity contribution in [2.24, 2.45) is 0 Å². The molecule has 144 valence electrons. The predicted octanol–water partition coefficient (Wildman–Crippen LogP) is 4.62. The number of rotatable bonds is 4. The Hall–Kier alpha value is -2.64. The number of methoxy groups -OCH3 is 1. The minimum atomic E-state index is -0.358. The zero-order valence-electron chi connectivity index (χ0n) is 15.2. The summed E-state index contributed by atoms with van der Waals surface area (Å²) >= 11 is 7.18. The highest BCUT2D eigenvalue weighted by atomic mass is 35.5. The first kappa shape index (κ1) is 18.7. The van der Waals surface area contributed by atoms with Crippen molar-refractivity contribution >= 4 is 40.6 Å². The average molecular weight is 418 g/mol. The Kier molecular flexibility index (Phi) is 4.95. The third-order valence-electron chi connectivity index (χ3n) is 4.47. The fourth-order valence-electron chi connectivity index (χ4n) is 2.96. The van der Waals surface area contributed by atoms with Gasteiger partial charge in [0, 0.05) is 11.1 Å². The molecule has 6 nitrogen and oxygen atoms in total. The predicted molar refractivity (Wildman–Crippen MR) is 107 cm³/mol. The van der Waals surface area contributed by atoms with Gasteiger partial charge in [-0.1, -0.05) is 23.7 Å². The van der Waals surface area contributed by atoms with Crippen molar-refractivity contribution in [3.63, 3.8) is 0 Å². The summed E-state index contributed by atoms with van der Waals surface area (Å²) < 4.78 is 15.9. The third-order valence-corrected chi connectivity index (χ3v) is 5.73. The second kappa shape index (κ2) is 7.41. The number of amides is 2. The zero-order chi connectivity index (χ0) is 19.8. The minimum absolute atomic E-state index is 0.0642. The Bertz CT molecular complexity index is 1020. The molecule has 0 bridgehead atoms. The number of halogens is 1. The summed E-state index contributed by atoms with van der Waals surface area (Å²) in [6.07, 6.45) is 1.69. The highest BCUT2D eigenvalue weighted by molar-refractivity contribution is 8.18. The maximum Gasteiger partial charge on any atom is 0.293 e. The molecule has 0 saturated carbocycles. The first-order valence-electron chi connectivity index (χ1n) is 8.44. The fraction of sp³-hybridized carbons (Fsp3) is 0.200. The third kappa shape index (κ3) is 3.43. The number of aryl methyl sites for hydroxylation is 1. The zero-order valence-corrected chi connectivity index (χ0v) is 16.7. The molecule has 28 heavy (non-hydrogen) atoms. The highest BCUT2D eigenvalue weighted by Crippen LogP contribution is 2.39. The monoisotopic (exact) mass is 417 g/mol. The highest BCUT2D eigenvalue weighted by Gasteiger charge is 2.35. The Morgan fingerprint density at radius 1 is 1.21 bits per heavy atom. The van der Waals surface area contributed by atoms with E-state index in [-0.39, 0.29) is 24.5 Å². The van der Waals surface area contributed by atoms with Gasteiger partial charge < -0.3 is 14.2 Å². The van der Waals surface area contributed by atoms with Gasteiger partial charge in [0.2, 0.25) is 6.79 Å². The summed E-state index contributed by atoms with van der Waals surface area (Å²) in [4.78, 5) is 26.7. The van der Waals surface area contributed by atoms with Crippen LogP contribution >= 0.6 is 23.4 Å². The molecular formula is C20H16ClNO5S. The van der Waals surface area contributed by atoms with E-state index in [1.165, 1.54) is 4.90 Å². The number of fused-ring (bicyclic) bond motifs is 1. The van der Waals surface area contributed by atoms with Gasteiger partial charge in [-0.2, -0.15) is 0 Å². The summed E-state index contributed by atoms with van der Waals surface area (Å²) in [6, 6.07) is 8.94. The molecule has 0 radical (unpaired) electrons. The molecule has 0 aromatic heterocycles. The van der Waals surface area contributed by atoms with Crippen molar-refractivity contribution in [3.05, 3.63) is 56.9 Å². The number of nitrogens with zero attached hydrogens (tertiary/aromatic N) is 1. The molecule has 0 spiro atoms. The van der Waals surface area contributed by atoms with Crippen LogP contribution in [0.25, 0.3) is 6.08 Å². The van der Waals surface area contributed by atoms with E-state index in [0.717, 1.165) is 28.6 Å². The van der Waals surface area contributed by atoms with Crippen LogP contribution in [0.5, 0.6) is 17.2 Å². The van der Waals surface area contributed by atoms with Crippen molar-refractivity contribution in [2.75, 3.05) is 13.9 Å². The van der Waals surface area contributed by atoms with Crippen molar-refractivity contribution in [2.45, 2.75) is 13.5 Å². The second-order valence-electron chi connectivity index (χ2n) is 6.29. The van der Waals surface area contributed by atoms with E-state index in [1.54, 1.807) is 25.3 Å². The van der Waals surface area contributed by atoms with Crippen molar-refractivity contribution < 1.29 is 23.8 Å². The van der Waals surface area contributed by atoms with Gasteiger partial charge in [0.05, 0.1) is 18.6 Å². The molecule has 2 amide bonds. The van der Waals surface area contributed by atoms with Gasteiger partial charge in [-0.05, 0) is 53.6 Å². The maximum absolute atomic E-state index is 12.8. The molecule has 2 aliphatic rings. The van der Waals surface area contributed by atoms with Gasteiger partial charge >= 0.3 is 0 Å². The van der Waals surface area contributed by atoms with Crippen LogP contribution in [0.15, 0.2) is 35.2 Å². The Morgan fingerprint density at radius 2 is 1.96 bits per heavy atom. The molecular weight excluding hydrogens is 402 g/mol. The topological polar surface area (TPSA) is 65.1 Å².